The second-order valence-electron chi connectivity index (χ2n) is 7.56. The normalized spacial score (nSPS) is 13.0. The fourth-order valence-corrected chi connectivity index (χ4v) is 3.21. The first-order valence-corrected chi connectivity index (χ1v) is 9.86. The lowest BCUT2D eigenvalue weighted by molar-refractivity contribution is -0.119. The first kappa shape index (κ1) is 20.6. The van der Waals surface area contributed by atoms with Gasteiger partial charge in [-0.05, 0) is 62.1 Å². The summed E-state index contributed by atoms with van der Waals surface area (Å²) in [5.74, 6) is -0.187. The van der Waals surface area contributed by atoms with Crippen LogP contribution in [0, 0.1) is 25.2 Å². The molecule has 3 rings (SSSR count). The number of hydrogen-bond acceptors (Lipinski definition) is 4. The summed E-state index contributed by atoms with van der Waals surface area (Å²) in [4.78, 5) is 26.9. The van der Waals surface area contributed by atoms with E-state index >= 15 is 0 Å². The van der Waals surface area contributed by atoms with Crippen LogP contribution in [0.25, 0.3) is 0 Å². The molecule has 0 aromatic heterocycles. The summed E-state index contributed by atoms with van der Waals surface area (Å²) >= 11 is 0. The second kappa shape index (κ2) is 9.35. The van der Waals surface area contributed by atoms with Crippen molar-refractivity contribution in [1.29, 1.82) is 5.26 Å². The van der Waals surface area contributed by atoms with E-state index in [0.29, 0.717) is 30.3 Å². The number of nitrogens with zero attached hydrogens (tertiary/aromatic N) is 2. The number of hydrogen-bond donors (Lipinski definition) is 2. The minimum atomic E-state index is -0.124. The van der Waals surface area contributed by atoms with Crippen LogP contribution in [0.1, 0.15) is 36.0 Å². The summed E-state index contributed by atoms with van der Waals surface area (Å²) in [5.41, 5.74) is 4.08. The average molecular weight is 390 g/mol. The van der Waals surface area contributed by atoms with E-state index in [2.05, 4.69) is 21.6 Å². The van der Waals surface area contributed by atoms with Crippen LogP contribution in [0.3, 0.4) is 0 Å². The predicted molar refractivity (Wildman–Crippen MR) is 114 cm³/mol. The van der Waals surface area contributed by atoms with Gasteiger partial charge in [0.05, 0.1) is 18.2 Å². The highest BCUT2D eigenvalue weighted by molar-refractivity contribution is 5.93. The van der Waals surface area contributed by atoms with Gasteiger partial charge in [0.1, 0.15) is 0 Å². The topological polar surface area (TPSA) is 85.2 Å². The van der Waals surface area contributed by atoms with Gasteiger partial charge in [-0.25, -0.2) is 0 Å². The maximum Gasteiger partial charge on any atom is 0.238 e. The predicted octanol–water partition coefficient (Wildman–Crippen LogP) is 3.61. The van der Waals surface area contributed by atoms with Gasteiger partial charge in [-0.2, -0.15) is 5.26 Å². The van der Waals surface area contributed by atoms with E-state index < -0.39 is 0 Å². The molecule has 0 bridgehead atoms. The monoisotopic (exact) mass is 390 g/mol. The Labute approximate surface area is 171 Å². The first-order chi connectivity index (χ1) is 13.9. The molecular formula is C23H26N4O2. The molecule has 1 aliphatic rings. The number of aryl methyl sites for hydroxylation is 2. The van der Waals surface area contributed by atoms with Crippen molar-refractivity contribution in [2.75, 3.05) is 23.7 Å². The Morgan fingerprint density at radius 1 is 1.10 bits per heavy atom. The molecule has 29 heavy (non-hydrogen) atoms. The van der Waals surface area contributed by atoms with Gasteiger partial charge in [0.2, 0.25) is 11.8 Å². The van der Waals surface area contributed by atoms with Crippen LogP contribution in [-0.4, -0.2) is 35.8 Å². The van der Waals surface area contributed by atoms with Crippen LogP contribution in [0.2, 0.25) is 0 Å². The Morgan fingerprint density at radius 2 is 1.90 bits per heavy atom. The van der Waals surface area contributed by atoms with E-state index in [1.165, 1.54) is 0 Å². The van der Waals surface area contributed by atoms with E-state index in [9.17, 15) is 9.59 Å². The molecule has 0 aliphatic heterocycles. The zero-order valence-corrected chi connectivity index (χ0v) is 16.9. The lowest BCUT2D eigenvalue weighted by atomic mass is 10.1. The van der Waals surface area contributed by atoms with Crippen LogP contribution in [-0.2, 0) is 9.59 Å². The Balaban J connectivity index is 1.52. The maximum absolute atomic E-state index is 12.5. The molecule has 6 nitrogen and oxygen atoms in total. The van der Waals surface area contributed by atoms with Crippen LogP contribution < -0.4 is 10.6 Å². The van der Waals surface area contributed by atoms with E-state index in [1.807, 2.05) is 32.0 Å². The number of carbonyl (C=O) groups excluding carboxylic acids is 2. The molecule has 1 aliphatic carbocycles. The Morgan fingerprint density at radius 3 is 2.62 bits per heavy atom. The van der Waals surface area contributed by atoms with Gasteiger partial charge >= 0.3 is 0 Å². The van der Waals surface area contributed by atoms with E-state index in [0.717, 1.165) is 29.7 Å². The summed E-state index contributed by atoms with van der Waals surface area (Å²) < 4.78 is 0. The molecule has 0 radical (unpaired) electrons. The smallest absolute Gasteiger partial charge is 0.238 e. The van der Waals surface area contributed by atoms with Crippen molar-refractivity contribution in [1.82, 2.24) is 4.90 Å². The molecule has 0 atom stereocenters. The highest BCUT2D eigenvalue weighted by Gasteiger charge is 2.30. The van der Waals surface area contributed by atoms with Gasteiger partial charge in [0, 0.05) is 30.4 Å². The van der Waals surface area contributed by atoms with E-state index in [4.69, 9.17) is 5.26 Å². The summed E-state index contributed by atoms with van der Waals surface area (Å²) in [6.07, 6.45) is 2.41. The van der Waals surface area contributed by atoms with Crippen molar-refractivity contribution in [2.45, 2.75) is 39.2 Å². The van der Waals surface area contributed by atoms with Crippen molar-refractivity contribution in [2.24, 2.45) is 0 Å². The number of benzene rings is 2. The molecule has 150 valence electrons. The zero-order valence-electron chi connectivity index (χ0n) is 16.9. The van der Waals surface area contributed by atoms with Crippen molar-refractivity contribution in [3.05, 3.63) is 59.2 Å². The first-order valence-electron chi connectivity index (χ1n) is 9.86. The number of nitrogens with one attached hydrogen (secondary N) is 2. The molecule has 0 heterocycles. The quantitative estimate of drug-likeness (QED) is 0.721. The number of amides is 2. The van der Waals surface area contributed by atoms with E-state index in [1.54, 1.807) is 24.3 Å². The Bertz CT molecular complexity index is 944. The van der Waals surface area contributed by atoms with E-state index in [-0.39, 0.29) is 18.4 Å². The number of nitriles is 1. The second-order valence-corrected chi connectivity index (χ2v) is 7.56. The largest absolute Gasteiger partial charge is 0.326 e. The Hall–Kier alpha value is -3.17. The molecule has 1 saturated carbocycles. The molecule has 0 unspecified atom stereocenters. The standard InChI is InChI=1S/C23H26N4O2/c1-16-6-7-17(2)21(12-16)26-23(29)15-27(20-8-9-20)11-10-22(28)25-19-5-3-4-18(13-19)14-24/h3-7,12-13,20H,8-11,15H2,1-2H3,(H,25,28)(H,26,29). The summed E-state index contributed by atoms with van der Waals surface area (Å²) in [6.45, 7) is 4.76. The zero-order chi connectivity index (χ0) is 20.8. The third-order valence-electron chi connectivity index (χ3n) is 4.98. The van der Waals surface area contributed by atoms with Gasteiger partial charge in [-0.1, -0.05) is 18.2 Å². The minimum Gasteiger partial charge on any atom is -0.326 e. The van der Waals surface area contributed by atoms with Crippen LogP contribution in [0.15, 0.2) is 42.5 Å². The summed E-state index contributed by atoms with van der Waals surface area (Å²) in [6, 6.07) is 15.3. The van der Waals surface area contributed by atoms with Gasteiger partial charge in [-0.15, -0.1) is 0 Å². The maximum atomic E-state index is 12.5. The van der Waals surface area contributed by atoms with Crippen molar-refractivity contribution < 1.29 is 9.59 Å². The highest BCUT2D eigenvalue weighted by Crippen LogP contribution is 2.27. The third-order valence-corrected chi connectivity index (χ3v) is 4.98. The van der Waals surface area contributed by atoms with Crippen molar-refractivity contribution in [3.63, 3.8) is 0 Å². The summed E-state index contributed by atoms with van der Waals surface area (Å²) in [5, 5.41) is 14.8. The molecule has 2 amide bonds. The number of anilines is 2. The molecule has 0 saturated heterocycles. The molecule has 2 aromatic rings. The fraction of sp³-hybridized carbons (Fsp3) is 0.348. The average Bonchev–Trinajstić information content (AvgIpc) is 3.53. The Kier molecular flexibility index (Phi) is 6.63. The molecule has 2 N–H and O–H groups in total. The number of rotatable bonds is 8. The molecular weight excluding hydrogens is 364 g/mol. The van der Waals surface area contributed by atoms with Crippen LogP contribution >= 0.6 is 0 Å². The van der Waals surface area contributed by atoms with Gasteiger partial charge in [0.15, 0.2) is 0 Å². The van der Waals surface area contributed by atoms with Crippen molar-refractivity contribution >= 4 is 23.2 Å². The fourth-order valence-electron chi connectivity index (χ4n) is 3.21. The molecule has 0 spiro atoms. The lowest BCUT2D eigenvalue weighted by Gasteiger charge is -2.21. The van der Waals surface area contributed by atoms with Gasteiger partial charge in [0.25, 0.3) is 0 Å². The highest BCUT2D eigenvalue weighted by atomic mass is 16.2. The molecule has 2 aromatic carbocycles. The third kappa shape index (κ3) is 6.16. The van der Waals surface area contributed by atoms with Gasteiger partial charge in [-0.3, -0.25) is 14.5 Å². The number of carbonyl (C=O) groups is 2. The lowest BCUT2D eigenvalue weighted by Crippen LogP contribution is -2.37. The molecule has 6 heteroatoms. The minimum absolute atomic E-state index is 0.0623. The van der Waals surface area contributed by atoms with Gasteiger partial charge < -0.3 is 10.6 Å². The van der Waals surface area contributed by atoms with Crippen LogP contribution in [0.5, 0.6) is 0 Å². The molecule has 1 fully saturated rings. The SMILES string of the molecule is Cc1ccc(C)c(NC(=O)CN(CCC(=O)Nc2cccc(C#N)c2)C2CC2)c1. The van der Waals surface area contributed by atoms with Crippen molar-refractivity contribution in [3.8, 4) is 6.07 Å². The summed E-state index contributed by atoms with van der Waals surface area (Å²) in [7, 11) is 0. The van der Waals surface area contributed by atoms with Crippen LogP contribution in [0.4, 0.5) is 11.4 Å².